The molecule has 1 aliphatic heterocycles. The van der Waals surface area contributed by atoms with Gasteiger partial charge in [0.25, 0.3) is 5.91 Å². The normalized spacial score (nSPS) is 15.1. The summed E-state index contributed by atoms with van der Waals surface area (Å²) in [5.41, 5.74) is 3.39. The predicted octanol–water partition coefficient (Wildman–Crippen LogP) is 4.64. The summed E-state index contributed by atoms with van der Waals surface area (Å²) in [4.78, 5) is 12.3. The molecule has 0 radical (unpaired) electrons. The molecule has 0 spiro atoms. The van der Waals surface area contributed by atoms with Crippen LogP contribution in [0.1, 0.15) is 23.1 Å². The van der Waals surface area contributed by atoms with E-state index in [2.05, 4.69) is 31.3 Å². The van der Waals surface area contributed by atoms with Crippen molar-refractivity contribution in [1.82, 2.24) is 5.32 Å². The average molecular weight is 400 g/mol. The molecular formula is C21H21NO3S2. The first-order chi connectivity index (χ1) is 13.0. The van der Waals surface area contributed by atoms with Crippen molar-refractivity contribution in [2.24, 2.45) is 0 Å². The first kappa shape index (κ1) is 19.5. The number of ether oxygens (including phenoxy) is 2. The Bertz CT molecular complexity index is 893. The van der Waals surface area contributed by atoms with E-state index < -0.39 is 0 Å². The summed E-state index contributed by atoms with van der Waals surface area (Å²) < 4.78 is 12.1. The summed E-state index contributed by atoms with van der Waals surface area (Å²) in [7, 11) is 0. The Hall–Kier alpha value is -2.31. The Morgan fingerprint density at radius 3 is 2.44 bits per heavy atom. The first-order valence-electron chi connectivity index (χ1n) is 8.69. The van der Waals surface area contributed by atoms with Crippen LogP contribution in [0.4, 0.5) is 0 Å². The van der Waals surface area contributed by atoms with E-state index in [4.69, 9.17) is 21.7 Å². The van der Waals surface area contributed by atoms with E-state index >= 15 is 0 Å². The molecular weight excluding hydrogens is 378 g/mol. The van der Waals surface area contributed by atoms with Crippen LogP contribution >= 0.6 is 24.0 Å². The maximum atomic E-state index is 11.7. The molecule has 2 aromatic rings. The second-order valence-corrected chi connectivity index (χ2v) is 7.94. The van der Waals surface area contributed by atoms with Crippen molar-refractivity contribution in [3.63, 3.8) is 0 Å². The zero-order valence-corrected chi connectivity index (χ0v) is 16.9. The van der Waals surface area contributed by atoms with Crippen molar-refractivity contribution in [3.05, 3.63) is 64.1 Å². The number of rotatable bonds is 7. The van der Waals surface area contributed by atoms with Crippen molar-refractivity contribution in [2.75, 3.05) is 13.2 Å². The van der Waals surface area contributed by atoms with Gasteiger partial charge in [0.15, 0.2) is 0 Å². The predicted molar refractivity (Wildman–Crippen MR) is 114 cm³/mol. The van der Waals surface area contributed by atoms with Crippen LogP contribution in [0.2, 0.25) is 0 Å². The van der Waals surface area contributed by atoms with Gasteiger partial charge in [-0.25, -0.2) is 0 Å². The standard InChI is InChI=1S/C21H21NO3S2/c1-14-7-8-18(11-15(14)2)25-10-4-9-24-17-6-3-5-16(12-17)13-19-20(23)22-21(26)27-19/h3,5-8,11-13H,4,9-10H2,1-2H3,(H,22,23,26)/b19-13+. The third-order valence-electron chi connectivity index (χ3n) is 4.10. The highest BCUT2D eigenvalue weighted by atomic mass is 32.2. The van der Waals surface area contributed by atoms with E-state index in [9.17, 15) is 4.79 Å². The van der Waals surface area contributed by atoms with E-state index in [1.54, 1.807) is 0 Å². The van der Waals surface area contributed by atoms with Gasteiger partial charge in [0.1, 0.15) is 15.8 Å². The van der Waals surface area contributed by atoms with Crippen LogP contribution in [0.15, 0.2) is 47.4 Å². The molecule has 0 bridgehead atoms. The smallest absolute Gasteiger partial charge is 0.263 e. The van der Waals surface area contributed by atoms with Gasteiger partial charge >= 0.3 is 0 Å². The zero-order chi connectivity index (χ0) is 19.2. The Morgan fingerprint density at radius 2 is 1.78 bits per heavy atom. The molecule has 1 heterocycles. The lowest BCUT2D eigenvalue weighted by Crippen LogP contribution is -2.17. The lowest BCUT2D eigenvalue weighted by atomic mass is 10.1. The van der Waals surface area contributed by atoms with E-state index in [-0.39, 0.29) is 5.91 Å². The molecule has 0 aromatic heterocycles. The number of aryl methyl sites for hydroxylation is 2. The Morgan fingerprint density at radius 1 is 1.04 bits per heavy atom. The Balaban J connectivity index is 1.47. The molecule has 3 rings (SSSR count). The van der Waals surface area contributed by atoms with E-state index in [0.717, 1.165) is 23.5 Å². The average Bonchev–Trinajstić information content (AvgIpc) is 2.95. The number of benzene rings is 2. The summed E-state index contributed by atoms with van der Waals surface area (Å²) in [6.07, 6.45) is 2.60. The van der Waals surface area contributed by atoms with Gasteiger partial charge in [-0.15, -0.1) is 0 Å². The molecule has 0 atom stereocenters. The van der Waals surface area contributed by atoms with Crippen LogP contribution in [0.5, 0.6) is 11.5 Å². The molecule has 0 saturated carbocycles. The van der Waals surface area contributed by atoms with Gasteiger partial charge < -0.3 is 14.8 Å². The highest BCUT2D eigenvalue weighted by Crippen LogP contribution is 2.26. The molecule has 1 amide bonds. The Labute approximate surface area is 168 Å². The first-order valence-corrected chi connectivity index (χ1v) is 9.91. The molecule has 140 valence electrons. The number of carbonyl (C=O) groups is 1. The maximum Gasteiger partial charge on any atom is 0.263 e. The minimum absolute atomic E-state index is 0.153. The van der Waals surface area contributed by atoms with Crippen molar-refractivity contribution in [1.29, 1.82) is 0 Å². The number of nitrogens with one attached hydrogen (secondary N) is 1. The largest absolute Gasteiger partial charge is 0.493 e. The lowest BCUT2D eigenvalue weighted by molar-refractivity contribution is -0.115. The van der Waals surface area contributed by atoms with Crippen molar-refractivity contribution < 1.29 is 14.3 Å². The fourth-order valence-electron chi connectivity index (χ4n) is 2.51. The molecule has 1 aliphatic rings. The van der Waals surface area contributed by atoms with Gasteiger partial charge in [0, 0.05) is 6.42 Å². The quantitative estimate of drug-likeness (QED) is 0.418. The third-order valence-corrected chi connectivity index (χ3v) is 5.27. The second kappa shape index (κ2) is 9.06. The number of hydrogen-bond acceptors (Lipinski definition) is 5. The topological polar surface area (TPSA) is 47.6 Å². The lowest BCUT2D eigenvalue weighted by Gasteiger charge is -2.10. The number of thiocarbonyl (C=S) groups is 1. The molecule has 2 aromatic carbocycles. The minimum Gasteiger partial charge on any atom is -0.493 e. The molecule has 27 heavy (non-hydrogen) atoms. The summed E-state index contributed by atoms with van der Waals surface area (Å²) in [6, 6.07) is 13.8. The third kappa shape index (κ3) is 5.58. The van der Waals surface area contributed by atoms with Crippen molar-refractivity contribution in [2.45, 2.75) is 20.3 Å². The fourth-order valence-corrected chi connectivity index (χ4v) is 3.55. The van der Waals surface area contributed by atoms with Crippen LogP contribution in [0, 0.1) is 13.8 Å². The zero-order valence-electron chi connectivity index (χ0n) is 15.3. The molecule has 0 aliphatic carbocycles. The summed E-state index contributed by atoms with van der Waals surface area (Å²) in [5, 5.41) is 2.61. The second-order valence-electron chi connectivity index (χ2n) is 6.22. The van der Waals surface area contributed by atoms with E-state index in [1.807, 2.05) is 36.4 Å². The Kier molecular flexibility index (Phi) is 6.53. The molecule has 4 nitrogen and oxygen atoms in total. The van der Waals surface area contributed by atoms with Crippen molar-refractivity contribution in [3.8, 4) is 11.5 Å². The SMILES string of the molecule is Cc1ccc(OCCCOc2cccc(/C=C3/SC(=S)NC3=O)c2)cc1C. The summed E-state index contributed by atoms with van der Waals surface area (Å²) in [5.74, 6) is 1.50. The summed E-state index contributed by atoms with van der Waals surface area (Å²) in [6.45, 7) is 5.32. The minimum atomic E-state index is -0.153. The maximum absolute atomic E-state index is 11.7. The van der Waals surface area contributed by atoms with E-state index in [1.165, 1.54) is 22.9 Å². The van der Waals surface area contributed by atoms with Gasteiger partial charge in [-0.05, 0) is 60.9 Å². The molecule has 6 heteroatoms. The molecule has 1 fully saturated rings. The van der Waals surface area contributed by atoms with Gasteiger partial charge in [-0.3, -0.25) is 4.79 Å². The van der Waals surface area contributed by atoms with Crippen LogP contribution in [0.3, 0.4) is 0 Å². The van der Waals surface area contributed by atoms with Gasteiger partial charge in [-0.2, -0.15) is 0 Å². The number of carbonyl (C=O) groups excluding carboxylic acids is 1. The fraction of sp³-hybridized carbons (Fsp3) is 0.238. The molecule has 1 saturated heterocycles. The van der Waals surface area contributed by atoms with Crippen LogP contribution in [0.25, 0.3) is 6.08 Å². The number of thioether (sulfide) groups is 1. The van der Waals surface area contributed by atoms with Gasteiger partial charge in [-0.1, -0.05) is 42.2 Å². The molecule has 1 N–H and O–H groups in total. The highest BCUT2D eigenvalue weighted by Gasteiger charge is 2.21. The molecule has 0 unspecified atom stereocenters. The highest BCUT2D eigenvalue weighted by molar-refractivity contribution is 8.26. The number of amides is 1. The monoisotopic (exact) mass is 399 g/mol. The van der Waals surface area contributed by atoms with Crippen LogP contribution < -0.4 is 14.8 Å². The van der Waals surface area contributed by atoms with Crippen molar-refractivity contribution >= 4 is 40.3 Å². The van der Waals surface area contributed by atoms with Crippen LogP contribution in [-0.4, -0.2) is 23.4 Å². The van der Waals surface area contributed by atoms with Gasteiger partial charge in [0.2, 0.25) is 0 Å². The van der Waals surface area contributed by atoms with E-state index in [0.29, 0.717) is 22.4 Å². The van der Waals surface area contributed by atoms with Gasteiger partial charge in [0.05, 0.1) is 18.1 Å². The summed E-state index contributed by atoms with van der Waals surface area (Å²) >= 11 is 6.27. The number of hydrogen-bond donors (Lipinski definition) is 1. The van der Waals surface area contributed by atoms with Crippen LogP contribution in [-0.2, 0) is 4.79 Å².